The van der Waals surface area contributed by atoms with Gasteiger partial charge in [0.1, 0.15) is 0 Å². The van der Waals surface area contributed by atoms with E-state index in [-0.39, 0.29) is 5.91 Å². The zero-order valence-electron chi connectivity index (χ0n) is 17.7. The first-order valence-electron chi connectivity index (χ1n) is 10.5. The topological polar surface area (TPSA) is 88.3 Å². The quantitative estimate of drug-likeness (QED) is 0.494. The molecule has 2 aromatic carbocycles. The minimum absolute atomic E-state index is 0.0103. The zero-order chi connectivity index (χ0) is 21.9. The van der Waals surface area contributed by atoms with Gasteiger partial charge in [-0.15, -0.1) is 10.2 Å². The second-order valence-corrected chi connectivity index (χ2v) is 7.69. The minimum Gasteiger partial charge on any atom is -0.416 e. The number of nitrogens with zero attached hydrogens (tertiary/aromatic N) is 6. The fraction of sp³-hybridized carbons (Fsp3) is 0.208. The summed E-state index contributed by atoms with van der Waals surface area (Å²) in [6.07, 6.45) is 3.46. The van der Waals surface area contributed by atoms with Gasteiger partial charge < -0.3 is 14.2 Å². The fourth-order valence-electron chi connectivity index (χ4n) is 3.74. The summed E-state index contributed by atoms with van der Waals surface area (Å²) in [4.78, 5) is 25.5. The Morgan fingerprint density at radius 3 is 2.22 bits per heavy atom. The number of aryl methyl sites for hydroxylation is 1. The molecule has 1 aliphatic heterocycles. The minimum atomic E-state index is 0.0103. The molecule has 8 heteroatoms. The summed E-state index contributed by atoms with van der Waals surface area (Å²) in [5, 5.41) is 8.32. The highest BCUT2D eigenvalue weighted by Gasteiger charge is 2.23. The summed E-state index contributed by atoms with van der Waals surface area (Å²) >= 11 is 0. The van der Waals surface area contributed by atoms with Crippen molar-refractivity contribution in [1.82, 2.24) is 25.1 Å². The van der Waals surface area contributed by atoms with Gasteiger partial charge in [-0.2, -0.15) is 0 Å². The van der Waals surface area contributed by atoms with Crippen LogP contribution in [0.4, 0.5) is 5.95 Å². The Morgan fingerprint density at radius 2 is 1.53 bits per heavy atom. The summed E-state index contributed by atoms with van der Waals surface area (Å²) < 4.78 is 5.85. The first-order valence-corrected chi connectivity index (χ1v) is 10.5. The lowest BCUT2D eigenvalue weighted by molar-refractivity contribution is 0.0746. The third-order valence-electron chi connectivity index (χ3n) is 5.47. The SMILES string of the molecule is Cc1cccc(-c2nnc(-c3ccc(C(=O)N4CCN(c5ncccn5)CC4)cc3)o2)c1. The van der Waals surface area contributed by atoms with Gasteiger partial charge in [0.15, 0.2) is 0 Å². The summed E-state index contributed by atoms with van der Waals surface area (Å²) in [5.74, 6) is 1.62. The van der Waals surface area contributed by atoms with E-state index in [1.807, 2.05) is 48.2 Å². The summed E-state index contributed by atoms with van der Waals surface area (Å²) in [6.45, 7) is 4.69. The van der Waals surface area contributed by atoms with Crippen molar-refractivity contribution in [1.29, 1.82) is 0 Å². The third kappa shape index (κ3) is 4.07. The van der Waals surface area contributed by atoms with E-state index in [0.29, 0.717) is 49.5 Å². The molecule has 160 valence electrons. The highest BCUT2D eigenvalue weighted by molar-refractivity contribution is 5.94. The van der Waals surface area contributed by atoms with Gasteiger partial charge in [0, 0.05) is 55.3 Å². The molecule has 0 atom stereocenters. The Hall–Kier alpha value is -4.07. The van der Waals surface area contributed by atoms with Crippen LogP contribution in [0.3, 0.4) is 0 Å². The van der Waals surface area contributed by atoms with E-state index in [2.05, 4.69) is 25.1 Å². The molecule has 0 unspecified atom stereocenters. The largest absolute Gasteiger partial charge is 0.416 e. The molecule has 0 saturated carbocycles. The zero-order valence-corrected chi connectivity index (χ0v) is 17.7. The van der Waals surface area contributed by atoms with Crippen LogP contribution in [0.5, 0.6) is 0 Å². The van der Waals surface area contributed by atoms with Gasteiger partial charge in [0.05, 0.1) is 0 Å². The Balaban J connectivity index is 1.25. The van der Waals surface area contributed by atoms with Crippen LogP contribution in [-0.4, -0.2) is 57.2 Å². The van der Waals surface area contributed by atoms with Crippen molar-refractivity contribution in [2.24, 2.45) is 0 Å². The van der Waals surface area contributed by atoms with Crippen LogP contribution in [0.2, 0.25) is 0 Å². The van der Waals surface area contributed by atoms with E-state index in [9.17, 15) is 4.79 Å². The second kappa shape index (κ2) is 8.58. The number of amides is 1. The molecule has 0 N–H and O–H groups in total. The van der Waals surface area contributed by atoms with Crippen LogP contribution in [0, 0.1) is 6.92 Å². The number of hydrogen-bond acceptors (Lipinski definition) is 7. The maximum Gasteiger partial charge on any atom is 0.253 e. The molecule has 8 nitrogen and oxygen atoms in total. The number of benzene rings is 2. The number of hydrogen-bond donors (Lipinski definition) is 0. The fourth-order valence-corrected chi connectivity index (χ4v) is 3.74. The smallest absolute Gasteiger partial charge is 0.253 e. The Bertz CT molecular complexity index is 1210. The number of anilines is 1. The van der Waals surface area contributed by atoms with E-state index in [0.717, 1.165) is 16.7 Å². The van der Waals surface area contributed by atoms with Crippen molar-refractivity contribution in [2.45, 2.75) is 6.92 Å². The van der Waals surface area contributed by atoms with Gasteiger partial charge in [-0.1, -0.05) is 17.7 Å². The molecule has 0 bridgehead atoms. The predicted octanol–water partition coefficient (Wildman–Crippen LogP) is 3.46. The van der Waals surface area contributed by atoms with E-state index < -0.39 is 0 Å². The standard InChI is InChI=1S/C24H22N6O2/c1-17-4-2-5-20(16-17)22-28-27-21(32-22)18-6-8-19(9-7-18)23(31)29-12-14-30(15-13-29)24-25-10-3-11-26-24/h2-11,16H,12-15H2,1H3. The molecule has 32 heavy (non-hydrogen) atoms. The number of carbonyl (C=O) groups excluding carboxylic acids is 1. The predicted molar refractivity (Wildman–Crippen MR) is 120 cm³/mol. The van der Waals surface area contributed by atoms with Crippen LogP contribution >= 0.6 is 0 Å². The number of piperazine rings is 1. The molecule has 1 aliphatic rings. The molecule has 3 heterocycles. The van der Waals surface area contributed by atoms with Crippen molar-refractivity contribution in [2.75, 3.05) is 31.1 Å². The monoisotopic (exact) mass is 426 g/mol. The first kappa shape index (κ1) is 19.9. The van der Waals surface area contributed by atoms with Gasteiger partial charge in [-0.25, -0.2) is 9.97 Å². The van der Waals surface area contributed by atoms with E-state index >= 15 is 0 Å². The first-order chi connectivity index (χ1) is 15.7. The van der Waals surface area contributed by atoms with Crippen molar-refractivity contribution in [3.63, 3.8) is 0 Å². The van der Waals surface area contributed by atoms with Crippen LogP contribution in [0.25, 0.3) is 22.9 Å². The van der Waals surface area contributed by atoms with E-state index in [1.165, 1.54) is 0 Å². The normalized spacial score (nSPS) is 13.9. The van der Waals surface area contributed by atoms with Crippen LogP contribution in [0.1, 0.15) is 15.9 Å². The van der Waals surface area contributed by atoms with Gasteiger partial charge in [-0.05, 0) is 49.4 Å². The van der Waals surface area contributed by atoms with Crippen molar-refractivity contribution < 1.29 is 9.21 Å². The van der Waals surface area contributed by atoms with Gasteiger partial charge >= 0.3 is 0 Å². The molecule has 5 rings (SSSR count). The van der Waals surface area contributed by atoms with Crippen LogP contribution < -0.4 is 4.90 Å². The van der Waals surface area contributed by atoms with Gasteiger partial charge in [-0.3, -0.25) is 4.79 Å². The number of rotatable bonds is 4. The average molecular weight is 426 g/mol. The molecule has 2 aromatic heterocycles. The lowest BCUT2D eigenvalue weighted by Gasteiger charge is -2.34. The van der Waals surface area contributed by atoms with Crippen LogP contribution in [0.15, 0.2) is 71.4 Å². The van der Waals surface area contributed by atoms with E-state index in [4.69, 9.17) is 4.42 Å². The maximum absolute atomic E-state index is 12.9. The molecular formula is C24H22N6O2. The van der Waals surface area contributed by atoms with Crippen molar-refractivity contribution in [3.05, 3.63) is 78.1 Å². The Labute approximate surface area is 185 Å². The molecule has 1 fully saturated rings. The highest BCUT2D eigenvalue weighted by atomic mass is 16.4. The molecule has 4 aromatic rings. The second-order valence-electron chi connectivity index (χ2n) is 7.69. The Kier molecular flexibility index (Phi) is 5.33. The highest BCUT2D eigenvalue weighted by Crippen LogP contribution is 2.25. The maximum atomic E-state index is 12.9. The molecule has 0 spiro atoms. The molecular weight excluding hydrogens is 404 g/mol. The average Bonchev–Trinajstić information content (AvgIpc) is 3.35. The molecule has 0 radical (unpaired) electrons. The summed E-state index contributed by atoms with van der Waals surface area (Å²) in [7, 11) is 0. The molecule has 1 amide bonds. The van der Waals surface area contributed by atoms with Gasteiger partial charge in [0.25, 0.3) is 5.91 Å². The molecule has 1 saturated heterocycles. The van der Waals surface area contributed by atoms with Gasteiger partial charge in [0.2, 0.25) is 17.7 Å². The van der Waals surface area contributed by atoms with Crippen molar-refractivity contribution >= 4 is 11.9 Å². The summed E-state index contributed by atoms with van der Waals surface area (Å²) in [6, 6.07) is 17.0. The lowest BCUT2D eigenvalue weighted by atomic mass is 10.1. The summed E-state index contributed by atoms with van der Waals surface area (Å²) in [5.41, 5.74) is 3.42. The number of aromatic nitrogens is 4. The lowest BCUT2D eigenvalue weighted by Crippen LogP contribution is -2.49. The van der Waals surface area contributed by atoms with Crippen LogP contribution in [-0.2, 0) is 0 Å². The molecule has 0 aliphatic carbocycles. The number of carbonyl (C=O) groups is 1. The Morgan fingerprint density at radius 1 is 0.844 bits per heavy atom. The van der Waals surface area contributed by atoms with E-state index in [1.54, 1.807) is 30.6 Å². The van der Waals surface area contributed by atoms with Crippen molar-refractivity contribution in [3.8, 4) is 22.9 Å². The third-order valence-corrected chi connectivity index (χ3v) is 5.47.